The highest BCUT2D eigenvalue weighted by Gasteiger charge is 2.24. The summed E-state index contributed by atoms with van der Waals surface area (Å²) in [4.78, 5) is 23.7. The van der Waals surface area contributed by atoms with Crippen molar-refractivity contribution in [2.24, 2.45) is 0 Å². The Morgan fingerprint density at radius 2 is 1.81 bits per heavy atom. The molecule has 4 heteroatoms. The zero-order valence-corrected chi connectivity index (χ0v) is 9.98. The summed E-state index contributed by atoms with van der Waals surface area (Å²) < 4.78 is 0. The summed E-state index contributed by atoms with van der Waals surface area (Å²) in [6.45, 7) is 0. The molecule has 0 N–H and O–H groups in total. The number of carbonyl (C=O) groups excluding carboxylic acids is 2. The highest BCUT2D eigenvalue weighted by Crippen LogP contribution is 2.23. The predicted octanol–water partition coefficient (Wildman–Crippen LogP) is 2.92. The van der Waals surface area contributed by atoms with E-state index in [9.17, 15) is 9.59 Å². The molecule has 82 valence electrons. The van der Waals surface area contributed by atoms with E-state index in [1.807, 2.05) is 0 Å². The molecule has 2 nitrogen and oxygen atoms in total. The lowest BCUT2D eigenvalue weighted by Gasteiger charge is -2.13. The summed E-state index contributed by atoms with van der Waals surface area (Å²) in [6, 6.07) is 6.89. The van der Waals surface area contributed by atoms with Gasteiger partial charge in [-0.2, -0.15) is 0 Å². The molecule has 16 heavy (non-hydrogen) atoms. The zero-order chi connectivity index (χ0) is 11.5. The molecule has 2 rings (SSSR count). The molecule has 0 saturated carbocycles. The van der Waals surface area contributed by atoms with Crippen molar-refractivity contribution >= 4 is 34.9 Å². The van der Waals surface area contributed by atoms with Gasteiger partial charge in [-0.25, -0.2) is 0 Å². The molecule has 0 aromatic heterocycles. The maximum Gasteiger partial charge on any atom is 0.190 e. The quantitative estimate of drug-likeness (QED) is 0.776. The van der Waals surface area contributed by atoms with E-state index in [4.69, 9.17) is 11.6 Å². The van der Waals surface area contributed by atoms with Gasteiger partial charge in [0.25, 0.3) is 0 Å². The van der Waals surface area contributed by atoms with E-state index in [0.29, 0.717) is 27.7 Å². The number of fused-ring (bicyclic) bond motifs is 1. The van der Waals surface area contributed by atoms with Crippen molar-refractivity contribution in [2.75, 3.05) is 11.0 Å². The Labute approximate surface area is 103 Å². The van der Waals surface area contributed by atoms with Crippen LogP contribution in [-0.4, -0.2) is 22.5 Å². The van der Waals surface area contributed by atoms with E-state index in [1.54, 1.807) is 24.3 Å². The van der Waals surface area contributed by atoms with Crippen molar-refractivity contribution in [3.05, 3.63) is 47.0 Å². The van der Waals surface area contributed by atoms with E-state index < -0.39 is 0 Å². The van der Waals surface area contributed by atoms with Crippen molar-refractivity contribution in [3.8, 4) is 0 Å². The predicted molar refractivity (Wildman–Crippen MR) is 66.4 cm³/mol. The zero-order valence-electron chi connectivity index (χ0n) is 8.40. The highest BCUT2D eigenvalue weighted by molar-refractivity contribution is 8.00. The maximum absolute atomic E-state index is 12.0. The van der Waals surface area contributed by atoms with Crippen LogP contribution in [0.4, 0.5) is 0 Å². The summed E-state index contributed by atoms with van der Waals surface area (Å²) in [5.74, 6) is 0.329. The number of allylic oxidation sites excluding steroid dienone is 1. The van der Waals surface area contributed by atoms with Crippen LogP contribution in [0.2, 0.25) is 0 Å². The molecular formula is C12H9ClO2S. The van der Waals surface area contributed by atoms with Crippen LogP contribution in [0.5, 0.6) is 0 Å². The van der Waals surface area contributed by atoms with Gasteiger partial charge in [0, 0.05) is 22.5 Å². The first kappa shape index (κ1) is 11.4. The van der Waals surface area contributed by atoms with Crippen molar-refractivity contribution in [1.82, 2.24) is 0 Å². The molecule has 0 unspecified atom stereocenters. The van der Waals surface area contributed by atoms with E-state index in [2.05, 4.69) is 0 Å². The lowest BCUT2D eigenvalue weighted by molar-refractivity contribution is 0.0985. The summed E-state index contributed by atoms with van der Waals surface area (Å²) in [5.41, 5.74) is 1.53. The lowest BCUT2D eigenvalue weighted by Crippen LogP contribution is -2.18. The van der Waals surface area contributed by atoms with Crippen LogP contribution in [0.25, 0.3) is 0 Å². The fraction of sp³-hybridized carbons (Fsp3) is 0.167. The monoisotopic (exact) mass is 252 g/mol. The minimum Gasteiger partial charge on any atom is -0.289 e. The number of thioether (sulfide) groups is 1. The molecule has 1 aromatic rings. The molecule has 0 fully saturated rings. The van der Waals surface area contributed by atoms with Crippen LogP contribution in [-0.2, 0) is 0 Å². The third-order valence-electron chi connectivity index (χ3n) is 2.37. The second-order valence-corrected chi connectivity index (χ2v) is 4.94. The van der Waals surface area contributed by atoms with Crippen molar-refractivity contribution in [2.45, 2.75) is 0 Å². The number of rotatable bonds is 3. The molecule has 1 aromatic carbocycles. The number of hydrogen-bond donors (Lipinski definition) is 0. The second kappa shape index (κ2) is 4.85. The van der Waals surface area contributed by atoms with Crippen LogP contribution in [0.3, 0.4) is 0 Å². The second-order valence-electron chi connectivity index (χ2n) is 3.37. The minimum atomic E-state index is -0.0969. The van der Waals surface area contributed by atoms with Crippen molar-refractivity contribution in [3.63, 3.8) is 0 Å². The number of ketones is 2. The van der Waals surface area contributed by atoms with E-state index in [1.165, 1.54) is 17.8 Å². The summed E-state index contributed by atoms with van der Waals surface area (Å²) in [5, 5.41) is 0.417. The van der Waals surface area contributed by atoms with Crippen LogP contribution < -0.4 is 0 Å². The first-order valence-electron chi connectivity index (χ1n) is 4.76. The lowest BCUT2D eigenvalue weighted by atomic mass is 9.90. The Morgan fingerprint density at radius 3 is 2.50 bits per heavy atom. The first-order chi connectivity index (χ1) is 7.74. The van der Waals surface area contributed by atoms with E-state index in [-0.39, 0.29) is 11.6 Å². The van der Waals surface area contributed by atoms with Gasteiger partial charge >= 0.3 is 0 Å². The summed E-state index contributed by atoms with van der Waals surface area (Å²) >= 11 is 6.96. The highest BCUT2D eigenvalue weighted by atomic mass is 35.5. The number of halogens is 1. The van der Waals surface area contributed by atoms with Gasteiger partial charge < -0.3 is 0 Å². The van der Waals surface area contributed by atoms with Gasteiger partial charge in [-0.15, -0.1) is 23.4 Å². The molecule has 0 atom stereocenters. The minimum absolute atomic E-state index is 0.0622. The molecular weight excluding hydrogens is 244 g/mol. The van der Waals surface area contributed by atoms with E-state index in [0.717, 1.165) is 0 Å². The Hall–Kier alpha value is -1.06. The largest absolute Gasteiger partial charge is 0.289 e. The molecule has 0 radical (unpaired) electrons. The van der Waals surface area contributed by atoms with Crippen LogP contribution in [0.15, 0.2) is 35.9 Å². The summed E-state index contributed by atoms with van der Waals surface area (Å²) in [7, 11) is 0. The Morgan fingerprint density at radius 1 is 1.12 bits per heavy atom. The molecule has 0 amide bonds. The molecule has 1 aliphatic rings. The third-order valence-corrected chi connectivity index (χ3v) is 3.50. The normalized spacial score (nSPS) is 14.7. The van der Waals surface area contributed by atoms with Gasteiger partial charge in [0.15, 0.2) is 11.6 Å². The SMILES string of the molecule is O=C1C=C(CSCCl)C(=O)c2ccccc21. The van der Waals surface area contributed by atoms with Gasteiger partial charge in [-0.3, -0.25) is 9.59 Å². The average molecular weight is 253 g/mol. The van der Waals surface area contributed by atoms with Gasteiger partial charge in [0.2, 0.25) is 0 Å². The number of carbonyl (C=O) groups is 2. The smallest absolute Gasteiger partial charge is 0.190 e. The van der Waals surface area contributed by atoms with Gasteiger partial charge in [0.05, 0.1) is 5.21 Å². The first-order valence-corrected chi connectivity index (χ1v) is 6.45. The van der Waals surface area contributed by atoms with Gasteiger partial charge in [0.1, 0.15) is 0 Å². The van der Waals surface area contributed by atoms with Crippen molar-refractivity contribution in [1.29, 1.82) is 0 Å². The molecule has 0 bridgehead atoms. The molecule has 0 saturated heterocycles. The fourth-order valence-electron chi connectivity index (χ4n) is 1.63. The molecule has 1 aliphatic carbocycles. The molecule has 0 heterocycles. The van der Waals surface area contributed by atoms with Crippen LogP contribution in [0.1, 0.15) is 20.7 Å². The van der Waals surface area contributed by atoms with Gasteiger partial charge in [-0.05, 0) is 6.08 Å². The van der Waals surface area contributed by atoms with Crippen LogP contribution in [0, 0.1) is 0 Å². The number of Topliss-reactive ketones (excluding diaryl/α,β-unsaturated/α-hetero) is 1. The molecule has 0 spiro atoms. The summed E-state index contributed by atoms with van der Waals surface area (Å²) in [6.07, 6.45) is 1.42. The number of alkyl halides is 1. The topological polar surface area (TPSA) is 34.1 Å². The number of benzene rings is 1. The molecule has 0 aliphatic heterocycles. The standard InChI is InChI=1S/C12H9ClO2S/c13-7-16-6-8-5-11(14)9-3-1-2-4-10(9)12(8)15/h1-5H,6-7H2. The fourth-order valence-corrected chi connectivity index (χ4v) is 2.37. The van der Waals surface area contributed by atoms with Crippen molar-refractivity contribution < 1.29 is 9.59 Å². The Bertz CT molecular complexity index is 480. The van der Waals surface area contributed by atoms with Crippen LogP contribution >= 0.6 is 23.4 Å². The number of hydrogen-bond acceptors (Lipinski definition) is 3. The Kier molecular flexibility index (Phi) is 3.46. The third kappa shape index (κ3) is 2.06. The van der Waals surface area contributed by atoms with Gasteiger partial charge in [-0.1, -0.05) is 24.3 Å². The Balaban J connectivity index is 2.36. The average Bonchev–Trinajstić information content (AvgIpc) is 2.32. The maximum atomic E-state index is 12.0. The van der Waals surface area contributed by atoms with E-state index >= 15 is 0 Å².